The Kier molecular flexibility index (Phi) is 5.34. The number of amides is 1. The summed E-state index contributed by atoms with van der Waals surface area (Å²) in [4.78, 5) is 14.5. The molecule has 4 nitrogen and oxygen atoms in total. The number of likely N-dealkylation sites (tertiary alicyclic amines) is 1. The van der Waals surface area contributed by atoms with Crippen LogP contribution in [-0.2, 0) is 16.0 Å². The smallest absolute Gasteiger partial charge is 0.242 e. The van der Waals surface area contributed by atoms with Gasteiger partial charge in [-0.2, -0.15) is 0 Å². The maximum Gasteiger partial charge on any atom is 0.242 e. The minimum absolute atomic E-state index is 0.144. The van der Waals surface area contributed by atoms with Crippen LogP contribution in [0.25, 0.3) is 0 Å². The van der Waals surface area contributed by atoms with E-state index in [9.17, 15) is 4.79 Å². The molecule has 23 heavy (non-hydrogen) atoms. The van der Waals surface area contributed by atoms with E-state index in [2.05, 4.69) is 24.3 Å². The number of ether oxygens (including phenoxy) is 1. The SMILES string of the molecule is NC1(C(=O)N2CCC(OCCCc3ccccc3)C2)CCCC1. The molecule has 1 saturated carbocycles. The highest BCUT2D eigenvalue weighted by molar-refractivity contribution is 5.86. The molecule has 1 atom stereocenters. The van der Waals surface area contributed by atoms with Crippen LogP contribution in [0.5, 0.6) is 0 Å². The Morgan fingerprint density at radius 3 is 2.74 bits per heavy atom. The zero-order chi connectivity index (χ0) is 16.1. The third kappa shape index (κ3) is 4.12. The second-order valence-corrected chi connectivity index (χ2v) is 6.99. The van der Waals surface area contributed by atoms with Crippen molar-refractivity contribution in [3.63, 3.8) is 0 Å². The van der Waals surface area contributed by atoms with E-state index in [0.29, 0.717) is 6.54 Å². The van der Waals surface area contributed by atoms with Gasteiger partial charge in [-0.1, -0.05) is 43.2 Å². The van der Waals surface area contributed by atoms with Crippen molar-refractivity contribution in [2.45, 2.75) is 56.6 Å². The van der Waals surface area contributed by atoms with Crippen molar-refractivity contribution in [3.05, 3.63) is 35.9 Å². The molecule has 1 amide bonds. The monoisotopic (exact) mass is 316 g/mol. The molecule has 1 aliphatic carbocycles. The van der Waals surface area contributed by atoms with Crippen LogP contribution in [0.3, 0.4) is 0 Å². The summed E-state index contributed by atoms with van der Waals surface area (Å²) in [5.41, 5.74) is 7.04. The highest BCUT2D eigenvalue weighted by Crippen LogP contribution is 2.30. The summed E-state index contributed by atoms with van der Waals surface area (Å²) < 4.78 is 5.97. The van der Waals surface area contributed by atoms with Crippen molar-refractivity contribution in [2.24, 2.45) is 5.73 Å². The molecular formula is C19H28N2O2. The molecule has 2 aliphatic rings. The number of nitrogens with zero attached hydrogens (tertiary/aromatic N) is 1. The van der Waals surface area contributed by atoms with Gasteiger partial charge in [-0.3, -0.25) is 4.79 Å². The number of carbonyl (C=O) groups excluding carboxylic acids is 1. The molecule has 1 aliphatic heterocycles. The van der Waals surface area contributed by atoms with Gasteiger partial charge in [0, 0.05) is 19.7 Å². The molecule has 4 heteroatoms. The summed E-state index contributed by atoms with van der Waals surface area (Å²) in [5.74, 6) is 0.144. The lowest BCUT2D eigenvalue weighted by Gasteiger charge is -2.28. The molecule has 1 aromatic rings. The van der Waals surface area contributed by atoms with Gasteiger partial charge in [0.1, 0.15) is 0 Å². The normalized spacial score (nSPS) is 23.3. The van der Waals surface area contributed by atoms with Crippen LogP contribution in [0.15, 0.2) is 30.3 Å². The highest BCUT2D eigenvalue weighted by atomic mass is 16.5. The lowest BCUT2D eigenvalue weighted by atomic mass is 9.97. The minimum atomic E-state index is -0.595. The van der Waals surface area contributed by atoms with Crippen molar-refractivity contribution in [1.82, 2.24) is 4.90 Å². The number of hydrogen-bond acceptors (Lipinski definition) is 3. The van der Waals surface area contributed by atoms with Crippen LogP contribution in [0.1, 0.15) is 44.1 Å². The minimum Gasteiger partial charge on any atom is -0.376 e. The highest BCUT2D eigenvalue weighted by Gasteiger charge is 2.41. The molecule has 3 rings (SSSR count). The average Bonchev–Trinajstić information content (AvgIpc) is 3.22. The van der Waals surface area contributed by atoms with E-state index in [4.69, 9.17) is 10.5 Å². The van der Waals surface area contributed by atoms with E-state index in [1.54, 1.807) is 0 Å². The predicted molar refractivity (Wildman–Crippen MR) is 91.1 cm³/mol. The molecule has 2 fully saturated rings. The van der Waals surface area contributed by atoms with Gasteiger partial charge in [-0.15, -0.1) is 0 Å². The second-order valence-electron chi connectivity index (χ2n) is 6.99. The summed E-state index contributed by atoms with van der Waals surface area (Å²) in [5, 5.41) is 0. The van der Waals surface area contributed by atoms with Crippen molar-refractivity contribution < 1.29 is 9.53 Å². The van der Waals surface area contributed by atoms with Gasteiger partial charge in [-0.25, -0.2) is 0 Å². The molecule has 0 spiro atoms. The number of benzene rings is 1. The van der Waals surface area contributed by atoms with Crippen molar-refractivity contribution >= 4 is 5.91 Å². The summed E-state index contributed by atoms with van der Waals surface area (Å²) >= 11 is 0. The molecule has 1 unspecified atom stereocenters. The molecule has 0 radical (unpaired) electrons. The van der Waals surface area contributed by atoms with E-state index in [0.717, 1.165) is 58.1 Å². The number of nitrogens with two attached hydrogens (primary N) is 1. The Balaban J connectivity index is 1.37. The maximum absolute atomic E-state index is 12.6. The fourth-order valence-electron chi connectivity index (χ4n) is 3.75. The first-order valence-corrected chi connectivity index (χ1v) is 8.91. The summed E-state index contributed by atoms with van der Waals surface area (Å²) in [6.45, 7) is 2.26. The second kappa shape index (κ2) is 7.45. The van der Waals surface area contributed by atoms with Crippen molar-refractivity contribution in [1.29, 1.82) is 0 Å². The molecule has 1 heterocycles. The fourth-order valence-corrected chi connectivity index (χ4v) is 3.75. The summed E-state index contributed by atoms with van der Waals surface area (Å²) in [6, 6.07) is 10.5. The predicted octanol–water partition coefficient (Wildman–Crippen LogP) is 2.51. The lowest BCUT2D eigenvalue weighted by Crippen LogP contribution is -2.53. The Bertz CT molecular complexity index is 511. The summed E-state index contributed by atoms with van der Waals surface area (Å²) in [6.07, 6.45) is 7.02. The van der Waals surface area contributed by atoms with Gasteiger partial charge in [-0.05, 0) is 37.7 Å². The van der Waals surface area contributed by atoms with Crippen molar-refractivity contribution in [2.75, 3.05) is 19.7 Å². The topological polar surface area (TPSA) is 55.6 Å². The molecule has 0 bridgehead atoms. The van der Waals surface area contributed by atoms with Crippen LogP contribution < -0.4 is 5.73 Å². The third-order valence-corrected chi connectivity index (χ3v) is 5.16. The van der Waals surface area contributed by atoms with Gasteiger partial charge in [0.05, 0.1) is 11.6 Å². The maximum atomic E-state index is 12.6. The first kappa shape index (κ1) is 16.5. The molecule has 2 N–H and O–H groups in total. The number of hydrogen-bond donors (Lipinski definition) is 1. The first-order chi connectivity index (χ1) is 11.2. The van der Waals surface area contributed by atoms with Crippen LogP contribution >= 0.6 is 0 Å². The molecule has 0 aromatic heterocycles. The van der Waals surface area contributed by atoms with Crippen LogP contribution in [0.2, 0.25) is 0 Å². The molecule has 1 saturated heterocycles. The number of aryl methyl sites for hydroxylation is 1. The van der Waals surface area contributed by atoms with E-state index < -0.39 is 5.54 Å². The largest absolute Gasteiger partial charge is 0.376 e. The van der Waals surface area contributed by atoms with E-state index >= 15 is 0 Å². The Hall–Kier alpha value is -1.39. The van der Waals surface area contributed by atoms with E-state index in [-0.39, 0.29) is 12.0 Å². The quantitative estimate of drug-likeness (QED) is 0.821. The van der Waals surface area contributed by atoms with Crippen LogP contribution in [0.4, 0.5) is 0 Å². The Labute approximate surface area is 139 Å². The number of rotatable bonds is 6. The van der Waals surface area contributed by atoms with Crippen molar-refractivity contribution in [3.8, 4) is 0 Å². The number of carbonyl (C=O) groups is 1. The lowest BCUT2D eigenvalue weighted by molar-refractivity contribution is -0.136. The zero-order valence-electron chi connectivity index (χ0n) is 13.9. The Morgan fingerprint density at radius 1 is 1.26 bits per heavy atom. The van der Waals surface area contributed by atoms with Gasteiger partial charge < -0.3 is 15.4 Å². The third-order valence-electron chi connectivity index (χ3n) is 5.16. The first-order valence-electron chi connectivity index (χ1n) is 8.91. The average molecular weight is 316 g/mol. The van der Waals surface area contributed by atoms with Gasteiger partial charge >= 0.3 is 0 Å². The van der Waals surface area contributed by atoms with Gasteiger partial charge in [0.15, 0.2) is 0 Å². The van der Waals surface area contributed by atoms with E-state index in [1.165, 1.54) is 5.56 Å². The molecule has 1 aromatic carbocycles. The Morgan fingerprint density at radius 2 is 2.00 bits per heavy atom. The fraction of sp³-hybridized carbons (Fsp3) is 0.632. The van der Waals surface area contributed by atoms with E-state index in [1.807, 2.05) is 11.0 Å². The van der Waals surface area contributed by atoms with Crippen LogP contribution in [0, 0.1) is 0 Å². The van der Waals surface area contributed by atoms with Crippen LogP contribution in [-0.4, -0.2) is 42.1 Å². The summed E-state index contributed by atoms with van der Waals surface area (Å²) in [7, 11) is 0. The van der Waals surface area contributed by atoms with Gasteiger partial charge in [0.2, 0.25) is 5.91 Å². The molecule has 126 valence electrons. The zero-order valence-corrected chi connectivity index (χ0v) is 13.9. The standard InChI is InChI=1S/C19H28N2O2/c20-19(11-4-5-12-19)18(22)21-13-10-17(15-21)23-14-6-9-16-7-2-1-3-8-16/h1-3,7-8,17H,4-6,9-15,20H2. The van der Waals surface area contributed by atoms with Gasteiger partial charge in [0.25, 0.3) is 0 Å². The molecular weight excluding hydrogens is 288 g/mol.